The molecule has 3 rings (SSSR count). The standard InChI is InChI=1S/C16H23NO3/c1-15(2)11-8-9-16(15,13(19)12(11)18)14(20)17-10-6-4-3-5-7-10/h10-11H,3-9H2,1-2H3,(H,17,20). The third-order valence-electron chi connectivity index (χ3n) is 6.04. The first-order chi connectivity index (χ1) is 9.41. The third-order valence-corrected chi connectivity index (χ3v) is 6.04. The van der Waals surface area contributed by atoms with Crippen molar-refractivity contribution in [3.63, 3.8) is 0 Å². The normalized spacial score (nSPS) is 36.4. The lowest BCUT2D eigenvalue weighted by molar-refractivity contribution is -0.149. The van der Waals surface area contributed by atoms with Crippen LogP contribution in [0.1, 0.15) is 58.8 Å². The Hall–Kier alpha value is -1.19. The monoisotopic (exact) mass is 277 g/mol. The Morgan fingerprint density at radius 3 is 2.30 bits per heavy atom. The van der Waals surface area contributed by atoms with Crippen molar-refractivity contribution in [3.05, 3.63) is 0 Å². The first-order valence-electron chi connectivity index (χ1n) is 7.81. The molecule has 20 heavy (non-hydrogen) atoms. The first-order valence-corrected chi connectivity index (χ1v) is 7.81. The van der Waals surface area contributed by atoms with E-state index < -0.39 is 16.6 Å². The molecule has 3 fully saturated rings. The minimum absolute atomic E-state index is 0.184. The quantitative estimate of drug-likeness (QED) is 0.620. The van der Waals surface area contributed by atoms with Crippen LogP contribution in [-0.4, -0.2) is 23.5 Å². The molecule has 0 aromatic heterocycles. The zero-order chi connectivity index (χ0) is 14.5. The molecular formula is C16H23NO3. The molecule has 0 aromatic carbocycles. The van der Waals surface area contributed by atoms with Gasteiger partial charge in [-0.05, 0) is 31.1 Å². The van der Waals surface area contributed by atoms with Gasteiger partial charge in [-0.2, -0.15) is 0 Å². The van der Waals surface area contributed by atoms with E-state index in [2.05, 4.69) is 5.32 Å². The molecular weight excluding hydrogens is 254 g/mol. The van der Waals surface area contributed by atoms with Gasteiger partial charge in [-0.15, -0.1) is 0 Å². The van der Waals surface area contributed by atoms with Crippen LogP contribution in [0.3, 0.4) is 0 Å². The van der Waals surface area contributed by atoms with Crippen molar-refractivity contribution in [3.8, 4) is 0 Å². The maximum absolute atomic E-state index is 12.8. The van der Waals surface area contributed by atoms with E-state index in [1.165, 1.54) is 6.42 Å². The summed E-state index contributed by atoms with van der Waals surface area (Å²) in [6.07, 6.45) is 6.70. The Balaban J connectivity index is 1.85. The second kappa shape index (κ2) is 4.40. The fourth-order valence-electron chi connectivity index (χ4n) is 4.64. The summed E-state index contributed by atoms with van der Waals surface area (Å²) in [5.74, 6) is -1.20. The average Bonchev–Trinajstić information content (AvgIpc) is 2.76. The molecule has 0 heterocycles. The van der Waals surface area contributed by atoms with Gasteiger partial charge in [0.05, 0.1) is 0 Å². The number of Topliss-reactive ketones (excluding diaryl/α,β-unsaturated/α-hetero) is 2. The predicted molar refractivity (Wildman–Crippen MR) is 74.0 cm³/mol. The van der Waals surface area contributed by atoms with E-state index in [0.29, 0.717) is 12.8 Å². The summed E-state index contributed by atoms with van der Waals surface area (Å²) in [4.78, 5) is 37.2. The molecule has 3 aliphatic carbocycles. The second-order valence-electron chi connectivity index (χ2n) is 7.22. The minimum atomic E-state index is -1.09. The summed E-state index contributed by atoms with van der Waals surface area (Å²) in [6, 6.07) is 0.184. The van der Waals surface area contributed by atoms with Crippen molar-refractivity contribution >= 4 is 17.5 Å². The summed E-state index contributed by atoms with van der Waals surface area (Å²) in [7, 11) is 0. The van der Waals surface area contributed by atoms with Crippen molar-refractivity contribution in [2.24, 2.45) is 16.7 Å². The predicted octanol–water partition coefficient (Wildman–Crippen LogP) is 2.01. The molecule has 0 spiro atoms. The van der Waals surface area contributed by atoms with Crippen molar-refractivity contribution in [1.82, 2.24) is 5.32 Å². The van der Waals surface area contributed by atoms with E-state index in [0.717, 1.165) is 25.7 Å². The van der Waals surface area contributed by atoms with Crippen LogP contribution in [0.5, 0.6) is 0 Å². The molecule has 3 aliphatic rings. The number of hydrogen-bond donors (Lipinski definition) is 1. The summed E-state index contributed by atoms with van der Waals surface area (Å²) < 4.78 is 0. The topological polar surface area (TPSA) is 63.2 Å². The number of carbonyl (C=O) groups excluding carboxylic acids is 3. The SMILES string of the molecule is CC1(C)C2CCC1(C(=O)NC1CCCCC1)C(=O)C2=O. The highest BCUT2D eigenvalue weighted by molar-refractivity contribution is 6.47. The van der Waals surface area contributed by atoms with Gasteiger partial charge in [0.25, 0.3) is 0 Å². The van der Waals surface area contributed by atoms with E-state index >= 15 is 0 Å². The van der Waals surface area contributed by atoms with Gasteiger partial charge in [0.2, 0.25) is 17.5 Å². The van der Waals surface area contributed by atoms with Gasteiger partial charge in [0.15, 0.2) is 0 Å². The summed E-state index contributed by atoms with van der Waals surface area (Å²) in [6.45, 7) is 3.82. The lowest BCUT2D eigenvalue weighted by Gasteiger charge is -2.36. The Bertz CT molecular complexity index is 476. The fourth-order valence-corrected chi connectivity index (χ4v) is 4.64. The molecule has 4 heteroatoms. The highest BCUT2D eigenvalue weighted by Crippen LogP contribution is 2.62. The summed E-state index contributed by atoms with van der Waals surface area (Å²) in [5, 5.41) is 3.07. The summed E-state index contributed by atoms with van der Waals surface area (Å²) in [5.41, 5.74) is -1.62. The Labute approximate surface area is 119 Å². The van der Waals surface area contributed by atoms with Crippen molar-refractivity contribution in [2.45, 2.75) is 64.8 Å². The zero-order valence-corrected chi connectivity index (χ0v) is 12.3. The van der Waals surface area contributed by atoms with Crippen LogP contribution in [0.15, 0.2) is 0 Å². The van der Waals surface area contributed by atoms with Crippen molar-refractivity contribution in [1.29, 1.82) is 0 Å². The van der Waals surface area contributed by atoms with Crippen LogP contribution in [-0.2, 0) is 14.4 Å². The molecule has 3 saturated carbocycles. The van der Waals surface area contributed by atoms with E-state index in [1.807, 2.05) is 13.8 Å². The van der Waals surface area contributed by atoms with Gasteiger partial charge in [0, 0.05) is 12.0 Å². The van der Waals surface area contributed by atoms with Gasteiger partial charge in [-0.3, -0.25) is 14.4 Å². The smallest absolute Gasteiger partial charge is 0.234 e. The molecule has 0 saturated heterocycles. The van der Waals surface area contributed by atoms with Crippen LogP contribution in [0.25, 0.3) is 0 Å². The van der Waals surface area contributed by atoms with Gasteiger partial charge in [0.1, 0.15) is 5.41 Å². The Morgan fingerprint density at radius 1 is 1.10 bits per heavy atom. The highest BCUT2D eigenvalue weighted by Gasteiger charge is 2.72. The third kappa shape index (κ3) is 1.57. The minimum Gasteiger partial charge on any atom is -0.352 e. The van der Waals surface area contributed by atoms with E-state index in [4.69, 9.17) is 0 Å². The highest BCUT2D eigenvalue weighted by atomic mass is 16.2. The van der Waals surface area contributed by atoms with Crippen molar-refractivity contribution in [2.75, 3.05) is 0 Å². The maximum Gasteiger partial charge on any atom is 0.234 e. The molecule has 1 N–H and O–H groups in total. The molecule has 2 unspecified atom stereocenters. The number of nitrogens with one attached hydrogen (secondary N) is 1. The molecule has 1 amide bonds. The molecule has 0 radical (unpaired) electrons. The van der Waals surface area contributed by atoms with Crippen LogP contribution in [0, 0.1) is 16.7 Å². The largest absolute Gasteiger partial charge is 0.352 e. The molecule has 4 nitrogen and oxygen atoms in total. The average molecular weight is 277 g/mol. The van der Waals surface area contributed by atoms with Crippen LogP contribution in [0.2, 0.25) is 0 Å². The number of fused-ring (bicyclic) bond motifs is 2. The molecule has 0 aliphatic heterocycles. The molecule has 2 atom stereocenters. The number of ketones is 2. The number of hydrogen-bond acceptors (Lipinski definition) is 3. The Morgan fingerprint density at radius 2 is 1.75 bits per heavy atom. The van der Waals surface area contributed by atoms with Crippen LogP contribution < -0.4 is 5.32 Å². The van der Waals surface area contributed by atoms with Gasteiger partial charge < -0.3 is 5.32 Å². The Kier molecular flexibility index (Phi) is 3.03. The van der Waals surface area contributed by atoms with E-state index in [1.54, 1.807) is 0 Å². The maximum atomic E-state index is 12.8. The number of amides is 1. The van der Waals surface area contributed by atoms with Crippen LogP contribution >= 0.6 is 0 Å². The number of rotatable bonds is 2. The fraction of sp³-hybridized carbons (Fsp3) is 0.812. The van der Waals surface area contributed by atoms with Gasteiger partial charge >= 0.3 is 0 Å². The zero-order valence-electron chi connectivity index (χ0n) is 12.3. The van der Waals surface area contributed by atoms with E-state index in [-0.39, 0.29) is 23.7 Å². The molecule has 2 bridgehead atoms. The van der Waals surface area contributed by atoms with Crippen molar-refractivity contribution < 1.29 is 14.4 Å². The lowest BCUT2D eigenvalue weighted by atomic mass is 9.68. The van der Waals surface area contributed by atoms with Crippen LogP contribution in [0.4, 0.5) is 0 Å². The molecule has 0 aromatic rings. The lowest BCUT2D eigenvalue weighted by Crippen LogP contribution is -2.53. The van der Waals surface area contributed by atoms with Gasteiger partial charge in [-0.25, -0.2) is 0 Å². The molecule has 110 valence electrons. The summed E-state index contributed by atoms with van der Waals surface area (Å²) >= 11 is 0. The first kappa shape index (κ1) is 13.8. The van der Waals surface area contributed by atoms with E-state index in [9.17, 15) is 14.4 Å². The van der Waals surface area contributed by atoms with Gasteiger partial charge in [-0.1, -0.05) is 33.1 Å². The second-order valence-corrected chi connectivity index (χ2v) is 7.22. The number of carbonyl (C=O) groups is 3.